The highest BCUT2D eigenvalue weighted by molar-refractivity contribution is 6.01. The van der Waals surface area contributed by atoms with Crippen LogP contribution in [0.1, 0.15) is 38.2 Å². The fraction of sp³-hybridized carbons (Fsp3) is 0.400. The second-order valence-electron chi connectivity index (χ2n) is 5.31. The number of fused-ring (bicyclic) bond motifs is 1. The van der Waals surface area contributed by atoms with Gasteiger partial charge in [0.2, 0.25) is 0 Å². The van der Waals surface area contributed by atoms with Crippen LogP contribution in [0, 0.1) is 0 Å². The van der Waals surface area contributed by atoms with E-state index in [1.807, 2.05) is 45.0 Å². The van der Waals surface area contributed by atoms with Crippen LogP contribution in [0.3, 0.4) is 0 Å². The Balaban J connectivity index is 2.55. The highest BCUT2D eigenvalue weighted by Gasteiger charge is 2.24. The van der Waals surface area contributed by atoms with Gasteiger partial charge in [0.15, 0.2) is 11.4 Å². The average Bonchev–Trinajstić information content (AvgIpc) is 2.67. The first kappa shape index (κ1) is 13.5. The second-order valence-corrected chi connectivity index (χ2v) is 5.31. The summed E-state index contributed by atoms with van der Waals surface area (Å²) in [4.78, 5) is 15.1. The smallest absolute Gasteiger partial charge is 0.358 e. The number of carbonyl (C=O) groups is 1. The summed E-state index contributed by atoms with van der Waals surface area (Å²) in [5.41, 5.74) is 0.856. The van der Waals surface area contributed by atoms with Crippen LogP contribution in [0.25, 0.3) is 10.9 Å². The van der Waals surface area contributed by atoms with Crippen molar-refractivity contribution in [3.05, 3.63) is 30.0 Å². The standard InChI is InChI=1S/C15H19NO3/c1-5-18-14(17)12-13(19-15(2,3)4)10-8-6-7-9-11(10)16-12/h6-9,16H,5H2,1-4H3. The van der Waals surface area contributed by atoms with Crippen LogP contribution in [0.4, 0.5) is 0 Å². The first-order valence-electron chi connectivity index (χ1n) is 6.39. The number of aromatic nitrogens is 1. The van der Waals surface area contributed by atoms with E-state index in [9.17, 15) is 4.79 Å². The van der Waals surface area contributed by atoms with Crippen molar-refractivity contribution in [3.63, 3.8) is 0 Å². The van der Waals surface area contributed by atoms with Crippen LogP contribution < -0.4 is 4.74 Å². The van der Waals surface area contributed by atoms with Crippen LogP contribution >= 0.6 is 0 Å². The number of benzene rings is 1. The predicted molar refractivity (Wildman–Crippen MR) is 74.6 cm³/mol. The molecule has 0 spiro atoms. The lowest BCUT2D eigenvalue weighted by Crippen LogP contribution is -2.24. The summed E-state index contributed by atoms with van der Waals surface area (Å²) >= 11 is 0. The maximum Gasteiger partial charge on any atom is 0.358 e. The molecule has 1 aromatic heterocycles. The summed E-state index contributed by atoms with van der Waals surface area (Å²) in [5.74, 6) is 0.166. The summed E-state index contributed by atoms with van der Waals surface area (Å²) in [6.07, 6.45) is 0. The number of ether oxygens (including phenoxy) is 2. The minimum absolute atomic E-state index is 0.336. The van der Waals surface area contributed by atoms with Gasteiger partial charge in [0.1, 0.15) is 5.60 Å². The number of esters is 1. The Labute approximate surface area is 112 Å². The number of rotatable bonds is 3. The Morgan fingerprint density at radius 1 is 1.26 bits per heavy atom. The predicted octanol–water partition coefficient (Wildman–Crippen LogP) is 3.52. The molecule has 0 fully saturated rings. The molecule has 1 heterocycles. The molecule has 102 valence electrons. The van der Waals surface area contributed by atoms with E-state index in [0.29, 0.717) is 18.1 Å². The zero-order valence-electron chi connectivity index (χ0n) is 11.7. The van der Waals surface area contributed by atoms with E-state index in [0.717, 1.165) is 10.9 Å². The highest BCUT2D eigenvalue weighted by Crippen LogP contribution is 2.33. The molecule has 0 atom stereocenters. The van der Waals surface area contributed by atoms with E-state index < -0.39 is 5.97 Å². The molecule has 0 aliphatic rings. The van der Waals surface area contributed by atoms with E-state index in [2.05, 4.69) is 4.98 Å². The number of H-pyrrole nitrogens is 1. The van der Waals surface area contributed by atoms with Gasteiger partial charge in [-0.3, -0.25) is 0 Å². The first-order valence-corrected chi connectivity index (χ1v) is 6.39. The Bertz CT molecular complexity index is 593. The normalized spacial score (nSPS) is 11.6. The van der Waals surface area contributed by atoms with Gasteiger partial charge in [-0.05, 0) is 39.8 Å². The van der Waals surface area contributed by atoms with Gasteiger partial charge in [0.25, 0.3) is 0 Å². The minimum atomic E-state index is -0.391. The van der Waals surface area contributed by atoms with Gasteiger partial charge < -0.3 is 14.5 Å². The zero-order chi connectivity index (χ0) is 14.0. The van der Waals surface area contributed by atoms with Gasteiger partial charge in [0, 0.05) is 10.9 Å². The van der Waals surface area contributed by atoms with Gasteiger partial charge in [-0.25, -0.2) is 4.79 Å². The molecule has 0 unspecified atom stereocenters. The van der Waals surface area contributed by atoms with Crippen molar-refractivity contribution >= 4 is 16.9 Å². The Morgan fingerprint density at radius 3 is 2.58 bits per heavy atom. The Kier molecular flexibility index (Phi) is 3.51. The van der Waals surface area contributed by atoms with Gasteiger partial charge in [-0.15, -0.1) is 0 Å². The lowest BCUT2D eigenvalue weighted by Gasteiger charge is -2.21. The quantitative estimate of drug-likeness (QED) is 0.860. The fourth-order valence-electron chi connectivity index (χ4n) is 1.88. The van der Waals surface area contributed by atoms with Gasteiger partial charge >= 0.3 is 5.97 Å². The number of hydrogen-bond acceptors (Lipinski definition) is 3. The molecule has 0 amide bonds. The van der Waals surface area contributed by atoms with Gasteiger partial charge in [-0.2, -0.15) is 0 Å². The van der Waals surface area contributed by atoms with Crippen molar-refractivity contribution < 1.29 is 14.3 Å². The van der Waals surface area contributed by atoms with Gasteiger partial charge in [-0.1, -0.05) is 12.1 Å². The largest absolute Gasteiger partial charge is 0.485 e. The van der Waals surface area contributed by atoms with Crippen molar-refractivity contribution in [1.82, 2.24) is 4.98 Å². The van der Waals surface area contributed by atoms with Crippen LogP contribution in [0.2, 0.25) is 0 Å². The highest BCUT2D eigenvalue weighted by atomic mass is 16.5. The fourth-order valence-corrected chi connectivity index (χ4v) is 1.88. The lowest BCUT2D eigenvalue weighted by atomic mass is 10.1. The Morgan fingerprint density at radius 2 is 1.95 bits per heavy atom. The van der Waals surface area contributed by atoms with E-state index in [1.165, 1.54) is 0 Å². The monoisotopic (exact) mass is 261 g/mol. The molecule has 0 aliphatic heterocycles. The number of carbonyl (C=O) groups excluding carboxylic acids is 1. The van der Waals surface area contributed by atoms with E-state index >= 15 is 0 Å². The SMILES string of the molecule is CCOC(=O)c1[nH]c2ccccc2c1OC(C)(C)C. The number of aromatic amines is 1. The first-order chi connectivity index (χ1) is 8.92. The molecule has 0 bridgehead atoms. The molecule has 1 aromatic carbocycles. The summed E-state index contributed by atoms with van der Waals surface area (Å²) in [7, 11) is 0. The van der Waals surface area contributed by atoms with Crippen LogP contribution in [0.5, 0.6) is 5.75 Å². The molecule has 2 rings (SSSR count). The molecule has 2 aromatic rings. The molecule has 4 heteroatoms. The summed E-state index contributed by atoms with van der Waals surface area (Å²) in [5, 5.41) is 0.889. The summed E-state index contributed by atoms with van der Waals surface area (Å²) in [6.45, 7) is 7.96. The van der Waals surface area contributed by atoms with Crippen LogP contribution in [-0.4, -0.2) is 23.2 Å². The topological polar surface area (TPSA) is 51.3 Å². The molecule has 19 heavy (non-hydrogen) atoms. The van der Waals surface area contributed by atoms with Crippen molar-refractivity contribution in [3.8, 4) is 5.75 Å². The molecule has 0 aliphatic carbocycles. The number of nitrogens with one attached hydrogen (secondary N) is 1. The zero-order valence-corrected chi connectivity index (χ0v) is 11.7. The van der Waals surface area contributed by atoms with E-state index in [-0.39, 0.29) is 5.60 Å². The third-order valence-electron chi connectivity index (χ3n) is 2.55. The van der Waals surface area contributed by atoms with Crippen molar-refractivity contribution in [1.29, 1.82) is 0 Å². The molecule has 0 saturated carbocycles. The van der Waals surface area contributed by atoms with Crippen LogP contribution in [0.15, 0.2) is 24.3 Å². The van der Waals surface area contributed by atoms with Gasteiger partial charge in [0.05, 0.1) is 6.61 Å². The minimum Gasteiger partial charge on any atom is -0.485 e. The third kappa shape index (κ3) is 2.89. The van der Waals surface area contributed by atoms with Crippen molar-refractivity contribution in [2.45, 2.75) is 33.3 Å². The average molecular weight is 261 g/mol. The second kappa shape index (κ2) is 4.96. The lowest BCUT2D eigenvalue weighted by molar-refractivity contribution is 0.0507. The number of hydrogen-bond donors (Lipinski definition) is 1. The molecule has 4 nitrogen and oxygen atoms in total. The van der Waals surface area contributed by atoms with Crippen LogP contribution in [-0.2, 0) is 4.74 Å². The molecule has 1 N–H and O–H groups in total. The third-order valence-corrected chi connectivity index (χ3v) is 2.55. The molecular formula is C15H19NO3. The summed E-state index contributed by atoms with van der Waals surface area (Å²) < 4.78 is 11.0. The van der Waals surface area contributed by atoms with Crippen molar-refractivity contribution in [2.75, 3.05) is 6.61 Å². The Hall–Kier alpha value is -1.97. The molecule has 0 saturated heterocycles. The summed E-state index contributed by atoms with van der Waals surface area (Å²) in [6, 6.07) is 7.67. The van der Waals surface area contributed by atoms with E-state index in [1.54, 1.807) is 6.92 Å². The number of para-hydroxylation sites is 1. The molecular weight excluding hydrogens is 242 g/mol. The molecule has 0 radical (unpaired) electrons. The van der Waals surface area contributed by atoms with Crippen molar-refractivity contribution in [2.24, 2.45) is 0 Å². The van der Waals surface area contributed by atoms with E-state index in [4.69, 9.17) is 9.47 Å². The maximum absolute atomic E-state index is 12.0. The maximum atomic E-state index is 12.0.